The van der Waals surface area contributed by atoms with Crippen LogP contribution in [0.5, 0.6) is 0 Å². The average Bonchev–Trinajstić information content (AvgIpc) is 2.78. The predicted molar refractivity (Wildman–Crippen MR) is 67.0 cm³/mol. The van der Waals surface area contributed by atoms with Crippen LogP contribution < -0.4 is 11.1 Å². The van der Waals surface area contributed by atoms with Gasteiger partial charge in [0.15, 0.2) is 0 Å². The number of H-pyrrole nitrogens is 1. The van der Waals surface area contributed by atoms with Crippen molar-refractivity contribution in [2.24, 2.45) is 0 Å². The van der Waals surface area contributed by atoms with Crippen LogP contribution in [-0.4, -0.2) is 15.2 Å². The Balaban J connectivity index is 2.13. The first-order valence-electron chi connectivity index (χ1n) is 4.81. The Labute approximate surface area is 102 Å². The molecule has 0 saturated carbocycles. The molecule has 0 aliphatic heterocycles. The van der Waals surface area contributed by atoms with Crippen LogP contribution in [0.4, 0.5) is 11.5 Å². The minimum Gasteiger partial charge on any atom is -0.397 e. The summed E-state index contributed by atoms with van der Waals surface area (Å²) in [7, 11) is 0. The van der Waals surface area contributed by atoms with E-state index in [0.29, 0.717) is 12.2 Å². The zero-order valence-corrected chi connectivity index (χ0v) is 10.4. The lowest BCUT2D eigenvalue weighted by molar-refractivity contribution is 0.972. The molecule has 2 aromatic rings. The summed E-state index contributed by atoms with van der Waals surface area (Å²) in [5.41, 5.74) is 8.41. The van der Waals surface area contributed by atoms with Gasteiger partial charge in [-0.15, -0.1) is 0 Å². The van der Waals surface area contributed by atoms with Crippen LogP contribution >= 0.6 is 15.9 Å². The fourth-order valence-electron chi connectivity index (χ4n) is 1.28. The summed E-state index contributed by atoms with van der Waals surface area (Å²) in [6.45, 7) is 2.59. The third kappa shape index (κ3) is 2.16. The Hall–Kier alpha value is -1.56. The number of hydrogen-bond donors (Lipinski definition) is 3. The molecule has 16 heavy (non-hydrogen) atoms. The van der Waals surface area contributed by atoms with Crippen molar-refractivity contribution in [3.8, 4) is 0 Å². The summed E-state index contributed by atoms with van der Waals surface area (Å²) in [5.74, 6) is 0.779. The van der Waals surface area contributed by atoms with Crippen molar-refractivity contribution in [3.05, 3.63) is 34.2 Å². The summed E-state index contributed by atoms with van der Waals surface area (Å²) >= 11 is 3.46. The lowest BCUT2D eigenvalue weighted by atomic mass is 10.2. The minimum atomic E-state index is 0.648. The molecule has 0 saturated heterocycles. The highest BCUT2D eigenvalue weighted by Crippen LogP contribution is 2.27. The van der Waals surface area contributed by atoms with Crippen LogP contribution in [0.1, 0.15) is 11.3 Å². The van der Waals surface area contributed by atoms with E-state index in [-0.39, 0.29) is 0 Å². The molecule has 0 fully saturated rings. The van der Waals surface area contributed by atoms with Crippen molar-refractivity contribution in [3.63, 3.8) is 0 Å². The summed E-state index contributed by atoms with van der Waals surface area (Å²) < 4.78 is 0.895. The lowest BCUT2D eigenvalue weighted by Gasteiger charge is -2.09. The molecular weight excluding hydrogens is 270 g/mol. The number of nitrogens with two attached hydrogens (primary N) is 1. The van der Waals surface area contributed by atoms with Crippen molar-refractivity contribution in [1.29, 1.82) is 0 Å². The minimum absolute atomic E-state index is 0.648. The number of anilines is 2. The number of pyridine rings is 1. The normalized spacial score (nSPS) is 10.4. The van der Waals surface area contributed by atoms with Crippen LogP contribution in [0.2, 0.25) is 0 Å². The zero-order valence-electron chi connectivity index (χ0n) is 8.79. The van der Waals surface area contributed by atoms with E-state index in [2.05, 4.69) is 36.4 Å². The zero-order chi connectivity index (χ0) is 11.5. The van der Waals surface area contributed by atoms with E-state index in [1.807, 2.05) is 13.0 Å². The number of nitrogens with one attached hydrogen (secondary N) is 2. The first-order chi connectivity index (χ1) is 7.68. The molecule has 0 unspecified atom stereocenters. The topological polar surface area (TPSA) is 79.6 Å². The summed E-state index contributed by atoms with van der Waals surface area (Å²) in [4.78, 5) is 4.22. The summed E-state index contributed by atoms with van der Waals surface area (Å²) in [6, 6.07) is 1.91. The first-order valence-corrected chi connectivity index (χ1v) is 5.60. The van der Waals surface area contributed by atoms with Crippen LogP contribution in [0, 0.1) is 6.92 Å². The third-order valence-electron chi connectivity index (χ3n) is 2.31. The Kier molecular flexibility index (Phi) is 3.09. The van der Waals surface area contributed by atoms with E-state index in [1.54, 1.807) is 12.4 Å². The number of halogens is 1. The molecule has 2 heterocycles. The van der Waals surface area contributed by atoms with Crippen molar-refractivity contribution < 1.29 is 0 Å². The van der Waals surface area contributed by atoms with Crippen molar-refractivity contribution in [2.45, 2.75) is 13.5 Å². The Morgan fingerprint density at radius 3 is 3.06 bits per heavy atom. The highest BCUT2D eigenvalue weighted by molar-refractivity contribution is 9.10. The monoisotopic (exact) mass is 281 g/mol. The maximum absolute atomic E-state index is 5.74. The quantitative estimate of drug-likeness (QED) is 0.805. The lowest BCUT2D eigenvalue weighted by Crippen LogP contribution is -2.04. The molecule has 0 atom stereocenters. The molecule has 0 aliphatic rings. The highest BCUT2D eigenvalue weighted by atomic mass is 79.9. The fraction of sp³-hybridized carbons (Fsp3) is 0.200. The molecule has 0 amide bonds. The Bertz CT molecular complexity index is 480. The van der Waals surface area contributed by atoms with Gasteiger partial charge >= 0.3 is 0 Å². The molecule has 6 heteroatoms. The number of hydrogen-bond acceptors (Lipinski definition) is 4. The second-order valence-corrected chi connectivity index (χ2v) is 4.23. The van der Waals surface area contributed by atoms with Gasteiger partial charge in [0.05, 0.1) is 28.6 Å². The van der Waals surface area contributed by atoms with Gasteiger partial charge in [-0.2, -0.15) is 5.10 Å². The van der Waals surface area contributed by atoms with Crippen molar-refractivity contribution in [2.75, 3.05) is 11.1 Å². The van der Waals surface area contributed by atoms with Gasteiger partial charge in [-0.05, 0) is 34.5 Å². The standard InChI is InChI=1S/C10H12BrN5/c1-6-8(12)5-14-10(9(6)11)13-4-7-2-3-15-16-7/h2-3,5H,4,12H2,1H3,(H,13,14)(H,15,16). The van der Waals surface area contributed by atoms with Crippen LogP contribution in [0.3, 0.4) is 0 Å². The molecule has 84 valence electrons. The number of rotatable bonds is 3. The molecule has 0 aliphatic carbocycles. The number of nitrogen functional groups attached to an aromatic ring is 1. The summed E-state index contributed by atoms with van der Waals surface area (Å²) in [5, 5.41) is 9.94. The molecule has 4 N–H and O–H groups in total. The van der Waals surface area contributed by atoms with Gasteiger partial charge in [0.2, 0.25) is 0 Å². The molecule has 0 bridgehead atoms. The molecule has 2 aromatic heterocycles. The van der Waals surface area contributed by atoms with E-state index >= 15 is 0 Å². The Morgan fingerprint density at radius 2 is 2.38 bits per heavy atom. The SMILES string of the molecule is Cc1c(N)cnc(NCc2ccn[nH]2)c1Br. The smallest absolute Gasteiger partial charge is 0.141 e. The van der Waals surface area contributed by atoms with Gasteiger partial charge in [0.25, 0.3) is 0 Å². The average molecular weight is 282 g/mol. The second kappa shape index (κ2) is 4.52. The van der Waals surface area contributed by atoms with E-state index in [9.17, 15) is 0 Å². The van der Waals surface area contributed by atoms with Gasteiger partial charge in [-0.3, -0.25) is 5.10 Å². The second-order valence-electron chi connectivity index (χ2n) is 3.44. The fourth-order valence-corrected chi connectivity index (χ4v) is 1.75. The number of nitrogens with zero attached hydrogens (tertiary/aromatic N) is 2. The molecule has 2 rings (SSSR count). The molecule has 0 spiro atoms. The van der Waals surface area contributed by atoms with E-state index < -0.39 is 0 Å². The van der Waals surface area contributed by atoms with Crippen LogP contribution in [-0.2, 0) is 6.54 Å². The van der Waals surface area contributed by atoms with Gasteiger partial charge < -0.3 is 11.1 Å². The van der Waals surface area contributed by atoms with Gasteiger partial charge in [-0.1, -0.05) is 0 Å². The van der Waals surface area contributed by atoms with Gasteiger partial charge in [0.1, 0.15) is 5.82 Å². The maximum atomic E-state index is 5.74. The van der Waals surface area contributed by atoms with Crippen molar-refractivity contribution >= 4 is 27.4 Å². The Morgan fingerprint density at radius 1 is 1.56 bits per heavy atom. The highest BCUT2D eigenvalue weighted by Gasteiger charge is 2.07. The van der Waals surface area contributed by atoms with Crippen molar-refractivity contribution in [1.82, 2.24) is 15.2 Å². The van der Waals surface area contributed by atoms with Crippen LogP contribution in [0.25, 0.3) is 0 Å². The predicted octanol–water partition coefficient (Wildman–Crippen LogP) is 2.07. The summed E-state index contributed by atoms with van der Waals surface area (Å²) in [6.07, 6.45) is 3.36. The van der Waals surface area contributed by atoms with Gasteiger partial charge in [0, 0.05) is 6.20 Å². The maximum Gasteiger partial charge on any atom is 0.141 e. The first kappa shape index (κ1) is 10.9. The number of aromatic amines is 1. The molecular formula is C10H12BrN5. The number of aromatic nitrogens is 3. The van der Waals surface area contributed by atoms with E-state index in [1.165, 1.54) is 0 Å². The third-order valence-corrected chi connectivity index (χ3v) is 3.28. The molecule has 0 aromatic carbocycles. The molecule has 5 nitrogen and oxygen atoms in total. The van der Waals surface area contributed by atoms with E-state index in [4.69, 9.17) is 5.73 Å². The van der Waals surface area contributed by atoms with E-state index in [0.717, 1.165) is 21.5 Å². The molecule has 0 radical (unpaired) electrons. The van der Waals surface area contributed by atoms with Crippen LogP contribution in [0.15, 0.2) is 22.9 Å². The largest absolute Gasteiger partial charge is 0.397 e. The van der Waals surface area contributed by atoms with Gasteiger partial charge in [-0.25, -0.2) is 4.98 Å².